The highest BCUT2D eigenvalue weighted by atomic mass is 19.3. The van der Waals surface area contributed by atoms with Gasteiger partial charge in [-0.25, -0.2) is 8.78 Å². The molecule has 4 rings (SSSR count). The Labute approximate surface area is 185 Å². The Hall–Kier alpha value is -3.42. The van der Waals surface area contributed by atoms with E-state index in [-0.39, 0.29) is 16.8 Å². The second kappa shape index (κ2) is 8.26. The first-order valence-corrected chi connectivity index (χ1v) is 10.6. The highest BCUT2D eigenvalue weighted by Gasteiger charge is 2.30. The number of alkyl halides is 2. The van der Waals surface area contributed by atoms with Crippen molar-refractivity contribution in [2.24, 2.45) is 0 Å². The number of hydrogen-bond acceptors (Lipinski definition) is 3. The van der Waals surface area contributed by atoms with E-state index in [1.807, 2.05) is 24.0 Å². The highest BCUT2D eigenvalue weighted by Crippen LogP contribution is 2.36. The smallest absolute Gasteiger partial charge is 0.261 e. The Kier molecular flexibility index (Phi) is 5.63. The van der Waals surface area contributed by atoms with Crippen LogP contribution in [0.4, 0.5) is 20.2 Å². The van der Waals surface area contributed by atoms with Crippen LogP contribution in [0, 0.1) is 0 Å². The number of aromatic amines is 1. The fourth-order valence-corrected chi connectivity index (χ4v) is 4.21. The number of pyridine rings is 1. The van der Waals surface area contributed by atoms with Crippen molar-refractivity contribution in [1.82, 2.24) is 4.98 Å². The predicted octanol–water partition coefficient (Wildman–Crippen LogP) is 4.14. The number of anilines is 2. The van der Waals surface area contributed by atoms with Gasteiger partial charge in [0.1, 0.15) is 5.56 Å². The Morgan fingerprint density at radius 1 is 1.31 bits per heavy atom. The Morgan fingerprint density at radius 2 is 2.09 bits per heavy atom. The van der Waals surface area contributed by atoms with Crippen LogP contribution in [0.15, 0.2) is 59.7 Å². The number of halogens is 2. The zero-order valence-electron chi connectivity index (χ0n) is 18.1. The highest BCUT2D eigenvalue weighted by molar-refractivity contribution is 6.15. The molecule has 0 unspecified atom stereocenters. The lowest BCUT2D eigenvalue weighted by atomic mass is 9.89. The van der Waals surface area contributed by atoms with Crippen LogP contribution in [0.2, 0.25) is 0 Å². The molecule has 2 N–H and O–H groups in total. The molecule has 1 aromatic heterocycles. The van der Waals surface area contributed by atoms with Crippen LogP contribution in [-0.2, 0) is 12.2 Å². The van der Waals surface area contributed by atoms with Crippen LogP contribution in [-0.4, -0.2) is 25.3 Å². The molecule has 1 amide bonds. The van der Waals surface area contributed by atoms with Gasteiger partial charge in [0.05, 0.1) is 0 Å². The van der Waals surface area contributed by atoms with Crippen LogP contribution in [0.3, 0.4) is 0 Å². The van der Waals surface area contributed by atoms with Crippen LogP contribution in [0.25, 0.3) is 10.9 Å². The summed E-state index contributed by atoms with van der Waals surface area (Å²) in [5, 5.41) is 2.96. The molecule has 8 heteroatoms. The summed E-state index contributed by atoms with van der Waals surface area (Å²) in [6.07, 6.45) is 3.69. The number of carbonyl (C=O) groups is 1. The second-order valence-electron chi connectivity index (χ2n) is 8.12. The number of H-pyrrole nitrogens is 1. The van der Waals surface area contributed by atoms with Crippen molar-refractivity contribution in [1.29, 1.82) is 0 Å². The van der Waals surface area contributed by atoms with Crippen LogP contribution >= 0.6 is 0 Å². The number of rotatable bonds is 5. The van der Waals surface area contributed by atoms with E-state index in [2.05, 4.69) is 16.9 Å². The number of allylic oxidation sites excluding steroid dienone is 1. The number of nitrogens with zero attached hydrogens (tertiary/aromatic N) is 1. The standard InChI is InChI=1S/C24H24BF2N3O2/c1-3-15-7-4-8-20-21(15)22(31)17(13-28-20)23(32)29-19-10-9-16(12-18(19)24(25,26)27)30-11-5-6-14(30)2/h4,7-10,12-13H,2-3,5-6,11,25H2,1H3,(H,28,31)(H,29,32). The van der Waals surface area contributed by atoms with Crippen molar-refractivity contribution in [3.05, 3.63) is 81.8 Å². The molecule has 2 heterocycles. The van der Waals surface area contributed by atoms with Gasteiger partial charge in [-0.05, 0) is 49.1 Å². The summed E-state index contributed by atoms with van der Waals surface area (Å²) >= 11 is 0. The first-order chi connectivity index (χ1) is 15.2. The van der Waals surface area contributed by atoms with Gasteiger partial charge in [-0.3, -0.25) is 9.59 Å². The first-order valence-electron chi connectivity index (χ1n) is 10.6. The number of carbonyl (C=O) groups excluding carboxylic acids is 1. The van der Waals surface area contributed by atoms with Gasteiger partial charge in [-0.1, -0.05) is 25.6 Å². The number of benzene rings is 2. The molecule has 1 aliphatic heterocycles. The maximum atomic E-state index is 14.5. The summed E-state index contributed by atoms with van der Waals surface area (Å²) in [7, 11) is 0.789. The number of aryl methyl sites for hydroxylation is 1. The molecule has 2 aromatic carbocycles. The van der Waals surface area contributed by atoms with E-state index >= 15 is 0 Å². The number of amides is 1. The summed E-state index contributed by atoms with van der Waals surface area (Å²) in [5.74, 6) is -3.92. The molecule has 1 aliphatic rings. The van der Waals surface area contributed by atoms with Crippen molar-refractivity contribution in [3.63, 3.8) is 0 Å². The predicted molar refractivity (Wildman–Crippen MR) is 126 cm³/mol. The van der Waals surface area contributed by atoms with Gasteiger partial charge in [0.25, 0.3) is 5.91 Å². The minimum atomic E-state index is -3.19. The fourth-order valence-electron chi connectivity index (χ4n) is 4.21. The van der Waals surface area contributed by atoms with Crippen LogP contribution < -0.4 is 15.6 Å². The fraction of sp³-hybridized carbons (Fsp3) is 0.250. The molecule has 0 saturated carbocycles. The van der Waals surface area contributed by atoms with Gasteiger partial charge in [0, 0.05) is 46.3 Å². The van der Waals surface area contributed by atoms with Gasteiger partial charge in [0.2, 0.25) is 11.3 Å². The first kappa shape index (κ1) is 21.8. The van der Waals surface area contributed by atoms with E-state index in [0.29, 0.717) is 29.6 Å². The van der Waals surface area contributed by atoms with Gasteiger partial charge in [-0.2, -0.15) is 0 Å². The largest absolute Gasteiger partial charge is 0.360 e. The molecule has 0 atom stereocenters. The summed E-state index contributed by atoms with van der Waals surface area (Å²) < 4.78 is 28.9. The molecule has 3 aromatic rings. The minimum absolute atomic E-state index is 0.0284. The maximum Gasteiger partial charge on any atom is 0.261 e. The number of nitrogens with one attached hydrogen (secondary N) is 2. The summed E-state index contributed by atoms with van der Waals surface area (Å²) in [6, 6.07) is 9.95. The molecule has 5 nitrogen and oxygen atoms in total. The van der Waals surface area contributed by atoms with Crippen molar-refractivity contribution >= 4 is 36.0 Å². The molecule has 0 spiro atoms. The topological polar surface area (TPSA) is 65.2 Å². The normalized spacial score (nSPS) is 14.2. The number of hydrogen-bond donors (Lipinski definition) is 2. The summed E-state index contributed by atoms with van der Waals surface area (Å²) in [4.78, 5) is 30.9. The van der Waals surface area contributed by atoms with Crippen molar-refractivity contribution in [3.8, 4) is 0 Å². The minimum Gasteiger partial charge on any atom is -0.360 e. The molecule has 0 aliphatic carbocycles. The second-order valence-corrected chi connectivity index (χ2v) is 8.12. The van der Waals surface area contributed by atoms with Gasteiger partial charge in [-0.15, -0.1) is 0 Å². The molecule has 1 saturated heterocycles. The van der Waals surface area contributed by atoms with Crippen LogP contribution in [0.5, 0.6) is 0 Å². The van der Waals surface area contributed by atoms with E-state index in [1.54, 1.807) is 12.1 Å². The summed E-state index contributed by atoms with van der Waals surface area (Å²) in [5.41, 5.74) is 2.04. The zero-order valence-corrected chi connectivity index (χ0v) is 18.1. The lowest BCUT2D eigenvalue weighted by Crippen LogP contribution is -2.25. The lowest BCUT2D eigenvalue weighted by Gasteiger charge is -2.23. The molecule has 1 fully saturated rings. The molecule has 164 valence electrons. The third-order valence-corrected chi connectivity index (χ3v) is 5.88. The average molecular weight is 435 g/mol. The quantitative estimate of drug-likeness (QED) is 0.593. The third kappa shape index (κ3) is 3.93. The monoisotopic (exact) mass is 435 g/mol. The van der Waals surface area contributed by atoms with E-state index in [9.17, 15) is 18.4 Å². The van der Waals surface area contributed by atoms with Crippen molar-refractivity contribution in [2.45, 2.75) is 32.0 Å². The Bertz CT molecular complexity index is 1280. The Balaban J connectivity index is 1.72. The van der Waals surface area contributed by atoms with E-state index in [0.717, 1.165) is 31.9 Å². The van der Waals surface area contributed by atoms with E-state index in [1.165, 1.54) is 18.3 Å². The SMILES string of the molecule is BC(F)(F)c1cc(N2CCCC2=C)ccc1NC(=O)c1c[nH]c2cccc(CC)c2c1=O. The zero-order chi connectivity index (χ0) is 23.0. The summed E-state index contributed by atoms with van der Waals surface area (Å²) in [6.45, 7) is 6.63. The maximum absolute atomic E-state index is 14.5. The third-order valence-electron chi connectivity index (χ3n) is 5.88. The molecule has 0 bridgehead atoms. The van der Waals surface area contributed by atoms with Crippen molar-refractivity contribution in [2.75, 3.05) is 16.8 Å². The number of fused-ring (bicyclic) bond motifs is 1. The van der Waals surface area contributed by atoms with E-state index in [4.69, 9.17) is 0 Å². The van der Waals surface area contributed by atoms with Gasteiger partial charge in [0.15, 0.2) is 7.85 Å². The van der Waals surface area contributed by atoms with E-state index < -0.39 is 17.2 Å². The average Bonchev–Trinajstić information content (AvgIpc) is 3.18. The molecular formula is C24H24BF2N3O2. The van der Waals surface area contributed by atoms with Gasteiger partial charge < -0.3 is 15.2 Å². The van der Waals surface area contributed by atoms with Gasteiger partial charge >= 0.3 is 0 Å². The lowest BCUT2D eigenvalue weighted by molar-refractivity contribution is 0.0945. The van der Waals surface area contributed by atoms with Crippen LogP contribution in [0.1, 0.15) is 41.3 Å². The molecule has 32 heavy (non-hydrogen) atoms. The Morgan fingerprint density at radius 3 is 2.75 bits per heavy atom. The molecule has 0 radical (unpaired) electrons. The number of aromatic nitrogens is 1. The van der Waals surface area contributed by atoms with Crippen molar-refractivity contribution < 1.29 is 13.6 Å². The molecular weight excluding hydrogens is 411 g/mol.